The van der Waals surface area contributed by atoms with Crippen LogP contribution in [-0.2, 0) is 0 Å². The predicted molar refractivity (Wildman–Crippen MR) is 63.4 cm³/mol. The zero-order chi connectivity index (χ0) is 11.7. The van der Waals surface area contributed by atoms with E-state index in [1.165, 1.54) is 0 Å². The smallest absolute Gasteiger partial charge is 0.339 e. The molecule has 0 saturated carbocycles. The first-order valence-corrected chi connectivity index (χ1v) is 5.73. The molecule has 0 aliphatic heterocycles. The number of amides is 2. The topological polar surface area (TPSA) is 66.6 Å². The Kier molecular flexibility index (Phi) is 2.80. The fraction of sp³-hybridized carbons (Fsp3) is 0.182. The van der Waals surface area contributed by atoms with Crippen LogP contribution in [0.2, 0.25) is 0 Å². The van der Waals surface area contributed by atoms with E-state index in [0.29, 0.717) is 5.06 Å². The molecule has 0 aliphatic rings. The van der Waals surface area contributed by atoms with Crippen LogP contribution in [0.15, 0.2) is 29.6 Å². The summed E-state index contributed by atoms with van der Waals surface area (Å²) in [6.45, 7) is 1.74. The molecule has 0 spiro atoms. The van der Waals surface area contributed by atoms with E-state index in [2.05, 4.69) is 0 Å². The first kappa shape index (κ1) is 10.9. The minimum absolute atomic E-state index is 0.436. The number of urea groups is 1. The molecule has 2 aromatic rings. The van der Waals surface area contributed by atoms with Crippen molar-refractivity contribution in [1.82, 2.24) is 5.06 Å². The van der Waals surface area contributed by atoms with Crippen molar-refractivity contribution in [1.29, 1.82) is 0 Å². The van der Waals surface area contributed by atoms with Gasteiger partial charge in [-0.05, 0) is 29.3 Å². The van der Waals surface area contributed by atoms with Crippen molar-refractivity contribution in [3.63, 3.8) is 0 Å². The Bertz CT molecular complexity index is 523. The lowest BCUT2D eigenvalue weighted by molar-refractivity contribution is -0.0705. The standard InChI is InChI=1S/C11H12N2O2S/c1-7(13(15)11(12)14)9-6-16-10-5-3-2-4-8(9)10/h2-7,15H,1H3,(H2,12,14)/t7-/m1/s1. The van der Waals surface area contributed by atoms with Gasteiger partial charge in [0.25, 0.3) is 0 Å². The van der Waals surface area contributed by atoms with Gasteiger partial charge in [0, 0.05) is 4.70 Å². The fourth-order valence-corrected chi connectivity index (χ4v) is 2.69. The third-order valence-corrected chi connectivity index (χ3v) is 3.54. The minimum Gasteiger partial charge on any atom is -0.350 e. The molecule has 2 rings (SSSR count). The monoisotopic (exact) mass is 236 g/mol. The highest BCUT2D eigenvalue weighted by Gasteiger charge is 2.19. The number of hydrogen-bond donors (Lipinski definition) is 2. The summed E-state index contributed by atoms with van der Waals surface area (Å²) in [4.78, 5) is 10.9. The number of hydrogen-bond acceptors (Lipinski definition) is 3. The van der Waals surface area contributed by atoms with Crippen molar-refractivity contribution in [3.05, 3.63) is 35.2 Å². The third kappa shape index (κ3) is 1.75. The summed E-state index contributed by atoms with van der Waals surface area (Å²) in [6.07, 6.45) is 0. The molecule has 0 bridgehead atoms. The number of fused-ring (bicyclic) bond motifs is 1. The quantitative estimate of drug-likeness (QED) is 0.622. The van der Waals surface area contributed by atoms with E-state index >= 15 is 0 Å². The van der Waals surface area contributed by atoms with Crippen LogP contribution in [0, 0.1) is 0 Å². The van der Waals surface area contributed by atoms with Gasteiger partial charge in [-0.3, -0.25) is 5.21 Å². The van der Waals surface area contributed by atoms with Crippen LogP contribution in [0.25, 0.3) is 10.1 Å². The van der Waals surface area contributed by atoms with Gasteiger partial charge in [-0.1, -0.05) is 18.2 Å². The van der Waals surface area contributed by atoms with Crippen LogP contribution in [0.1, 0.15) is 18.5 Å². The van der Waals surface area contributed by atoms with Gasteiger partial charge in [-0.15, -0.1) is 11.3 Å². The highest BCUT2D eigenvalue weighted by atomic mass is 32.1. The molecule has 16 heavy (non-hydrogen) atoms. The van der Waals surface area contributed by atoms with Gasteiger partial charge in [0.2, 0.25) is 0 Å². The first-order valence-electron chi connectivity index (χ1n) is 4.85. The van der Waals surface area contributed by atoms with Crippen molar-refractivity contribution in [3.8, 4) is 0 Å². The van der Waals surface area contributed by atoms with Crippen LogP contribution in [0.5, 0.6) is 0 Å². The number of carbonyl (C=O) groups is 1. The molecule has 4 nitrogen and oxygen atoms in total. The van der Waals surface area contributed by atoms with E-state index in [9.17, 15) is 10.0 Å². The average molecular weight is 236 g/mol. The van der Waals surface area contributed by atoms with E-state index < -0.39 is 12.1 Å². The van der Waals surface area contributed by atoms with Gasteiger partial charge < -0.3 is 5.73 Å². The number of carbonyl (C=O) groups excluding carboxylic acids is 1. The number of hydroxylamine groups is 2. The number of nitrogens with two attached hydrogens (primary N) is 1. The SMILES string of the molecule is C[C@H](c1csc2ccccc12)N(O)C(N)=O. The summed E-state index contributed by atoms with van der Waals surface area (Å²) in [7, 11) is 0. The molecular weight excluding hydrogens is 224 g/mol. The summed E-state index contributed by atoms with van der Waals surface area (Å²) < 4.78 is 1.13. The Morgan fingerprint density at radius 3 is 2.88 bits per heavy atom. The third-order valence-electron chi connectivity index (χ3n) is 2.55. The largest absolute Gasteiger partial charge is 0.350 e. The van der Waals surface area contributed by atoms with Gasteiger partial charge in [0.05, 0.1) is 6.04 Å². The molecule has 0 aliphatic carbocycles. The fourth-order valence-electron chi connectivity index (χ4n) is 1.64. The molecule has 0 fully saturated rings. The Labute approximate surface area is 96.9 Å². The molecular formula is C11H12N2O2S. The lowest BCUT2D eigenvalue weighted by atomic mass is 10.1. The Balaban J connectivity index is 2.44. The second-order valence-electron chi connectivity index (χ2n) is 3.55. The molecule has 1 aromatic carbocycles. The molecule has 0 saturated heterocycles. The lowest BCUT2D eigenvalue weighted by Gasteiger charge is -2.20. The van der Waals surface area contributed by atoms with Gasteiger partial charge in [-0.2, -0.15) is 5.06 Å². The van der Waals surface area contributed by atoms with Gasteiger partial charge >= 0.3 is 6.03 Å². The maximum atomic E-state index is 10.9. The van der Waals surface area contributed by atoms with E-state index in [-0.39, 0.29) is 0 Å². The number of thiophene rings is 1. The molecule has 0 unspecified atom stereocenters. The molecule has 1 heterocycles. The maximum Gasteiger partial charge on any atom is 0.339 e. The van der Waals surface area contributed by atoms with E-state index in [0.717, 1.165) is 15.6 Å². The van der Waals surface area contributed by atoms with Crippen molar-refractivity contribution in [2.24, 2.45) is 5.73 Å². The van der Waals surface area contributed by atoms with Crippen LogP contribution >= 0.6 is 11.3 Å². The van der Waals surface area contributed by atoms with Crippen molar-refractivity contribution in [2.45, 2.75) is 13.0 Å². The Hall–Kier alpha value is -1.59. The zero-order valence-electron chi connectivity index (χ0n) is 8.75. The van der Waals surface area contributed by atoms with E-state index in [1.807, 2.05) is 29.6 Å². The highest BCUT2D eigenvalue weighted by Crippen LogP contribution is 2.32. The molecule has 1 aromatic heterocycles. The van der Waals surface area contributed by atoms with Crippen molar-refractivity contribution < 1.29 is 10.0 Å². The molecule has 84 valence electrons. The Morgan fingerprint density at radius 1 is 1.50 bits per heavy atom. The van der Waals surface area contributed by atoms with Crippen molar-refractivity contribution >= 4 is 27.5 Å². The van der Waals surface area contributed by atoms with Crippen LogP contribution in [0.4, 0.5) is 4.79 Å². The second-order valence-corrected chi connectivity index (χ2v) is 4.46. The summed E-state index contributed by atoms with van der Waals surface area (Å²) in [5.41, 5.74) is 5.93. The van der Waals surface area contributed by atoms with Crippen LogP contribution < -0.4 is 5.73 Å². The average Bonchev–Trinajstić information content (AvgIpc) is 2.70. The maximum absolute atomic E-state index is 10.9. The lowest BCUT2D eigenvalue weighted by Crippen LogP contribution is -2.34. The molecule has 0 radical (unpaired) electrons. The van der Waals surface area contributed by atoms with Crippen LogP contribution in [-0.4, -0.2) is 16.3 Å². The molecule has 1 atom stereocenters. The molecule has 5 heteroatoms. The van der Waals surface area contributed by atoms with Gasteiger partial charge in [0.1, 0.15) is 0 Å². The van der Waals surface area contributed by atoms with E-state index in [1.54, 1.807) is 18.3 Å². The van der Waals surface area contributed by atoms with Gasteiger partial charge in [0.15, 0.2) is 0 Å². The number of primary amides is 1. The summed E-state index contributed by atoms with van der Waals surface area (Å²) in [5, 5.41) is 13.0. The Morgan fingerprint density at radius 2 is 2.19 bits per heavy atom. The van der Waals surface area contributed by atoms with E-state index in [4.69, 9.17) is 5.73 Å². The van der Waals surface area contributed by atoms with Crippen molar-refractivity contribution in [2.75, 3.05) is 0 Å². The normalized spacial score (nSPS) is 12.6. The minimum atomic E-state index is -0.845. The predicted octanol–water partition coefficient (Wildman–Crippen LogP) is 2.73. The molecule has 2 amide bonds. The van der Waals surface area contributed by atoms with Gasteiger partial charge in [-0.25, -0.2) is 4.79 Å². The summed E-state index contributed by atoms with van der Waals surface area (Å²) >= 11 is 1.58. The highest BCUT2D eigenvalue weighted by molar-refractivity contribution is 7.17. The zero-order valence-corrected chi connectivity index (χ0v) is 9.57. The second kappa shape index (κ2) is 4.11. The molecule has 3 N–H and O–H groups in total. The first-order chi connectivity index (χ1) is 7.61. The summed E-state index contributed by atoms with van der Waals surface area (Å²) in [6, 6.07) is 6.57. The summed E-state index contributed by atoms with van der Waals surface area (Å²) in [5.74, 6) is 0. The number of benzene rings is 1. The number of nitrogens with zero attached hydrogens (tertiary/aromatic N) is 1. The number of rotatable bonds is 2. The van der Waals surface area contributed by atoms with Crippen LogP contribution in [0.3, 0.4) is 0 Å².